The summed E-state index contributed by atoms with van der Waals surface area (Å²) in [6.07, 6.45) is 0.943. The number of rotatable bonds is 3. The molecular formula is C9H7FN2O3. The van der Waals surface area contributed by atoms with Crippen LogP contribution in [0.4, 0.5) is 15.8 Å². The van der Waals surface area contributed by atoms with Crippen molar-refractivity contribution < 1.29 is 14.1 Å². The van der Waals surface area contributed by atoms with Gasteiger partial charge in [0.2, 0.25) is 5.91 Å². The molecule has 78 valence electrons. The van der Waals surface area contributed by atoms with Crippen LogP contribution in [-0.4, -0.2) is 10.8 Å². The maximum Gasteiger partial charge on any atom is 0.271 e. The van der Waals surface area contributed by atoms with Crippen molar-refractivity contribution in [3.8, 4) is 0 Å². The molecule has 0 bridgehead atoms. The first-order chi connectivity index (χ1) is 7.04. The number of benzene rings is 1. The maximum absolute atomic E-state index is 13.1. The first kappa shape index (κ1) is 10.8. The van der Waals surface area contributed by atoms with Crippen LogP contribution < -0.4 is 5.32 Å². The van der Waals surface area contributed by atoms with Crippen LogP contribution in [0, 0.1) is 15.9 Å². The Balaban J connectivity index is 3.05. The van der Waals surface area contributed by atoms with Crippen molar-refractivity contribution in [1.82, 2.24) is 0 Å². The summed E-state index contributed by atoms with van der Waals surface area (Å²) in [6.45, 7) is 3.18. The van der Waals surface area contributed by atoms with E-state index in [9.17, 15) is 19.3 Å². The summed E-state index contributed by atoms with van der Waals surface area (Å²) in [5.74, 6) is -1.37. The van der Waals surface area contributed by atoms with E-state index in [2.05, 4.69) is 11.9 Å². The molecule has 0 aliphatic carbocycles. The first-order valence-corrected chi connectivity index (χ1v) is 3.92. The van der Waals surface area contributed by atoms with Crippen LogP contribution in [0.5, 0.6) is 0 Å². The van der Waals surface area contributed by atoms with Crippen LogP contribution in [0.15, 0.2) is 30.9 Å². The van der Waals surface area contributed by atoms with E-state index in [4.69, 9.17) is 0 Å². The molecule has 1 rings (SSSR count). The third-order valence-electron chi connectivity index (χ3n) is 1.60. The molecule has 0 unspecified atom stereocenters. The molecule has 1 N–H and O–H groups in total. The van der Waals surface area contributed by atoms with Crippen molar-refractivity contribution in [2.45, 2.75) is 0 Å². The average molecular weight is 210 g/mol. The predicted octanol–water partition coefficient (Wildman–Crippen LogP) is 1.86. The fraction of sp³-hybridized carbons (Fsp3) is 0. The molecule has 0 saturated heterocycles. The predicted molar refractivity (Wildman–Crippen MR) is 51.9 cm³/mol. The van der Waals surface area contributed by atoms with Gasteiger partial charge in [0, 0.05) is 12.1 Å². The number of carbonyl (C=O) groups excluding carboxylic acids is 1. The van der Waals surface area contributed by atoms with Gasteiger partial charge in [-0.3, -0.25) is 14.9 Å². The van der Waals surface area contributed by atoms with E-state index in [0.29, 0.717) is 0 Å². The number of nitro groups is 1. The van der Waals surface area contributed by atoms with Crippen LogP contribution in [-0.2, 0) is 4.79 Å². The zero-order chi connectivity index (χ0) is 11.4. The van der Waals surface area contributed by atoms with Gasteiger partial charge in [-0.1, -0.05) is 6.58 Å². The van der Waals surface area contributed by atoms with Crippen LogP contribution in [0.1, 0.15) is 0 Å². The molecule has 0 aliphatic heterocycles. The number of non-ortho nitro benzene ring substituents is 1. The second kappa shape index (κ2) is 4.32. The zero-order valence-corrected chi connectivity index (χ0v) is 7.57. The number of hydrogen-bond acceptors (Lipinski definition) is 3. The Morgan fingerprint density at radius 3 is 2.80 bits per heavy atom. The number of carbonyl (C=O) groups is 1. The monoisotopic (exact) mass is 210 g/mol. The lowest BCUT2D eigenvalue weighted by atomic mass is 10.2. The largest absolute Gasteiger partial charge is 0.320 e. The minimum absolute atomic E-state index is 0.242. The lowest BCUT2D eigenvalue weighted by molar-refractivity contribution is -0.384. The van der Waals surface area contributed by atoms with E-state index in [1.165, 1.54) is 0 Å². The van der Waals surface area contributed by atoms with Crippen molar-refractivity contribution in [3.63, 3.8) is 0 Å². The zero-order valence-electron chi connectivity index (χ0n) is 7.57. The van der Waals surface area contributed by atoms with E-state index in [0.717, 1.165) is 24.3 Å². The van der Waals surface area contributed by atoms with Gasteiger partial charge < -0.3 is 5.32 Å². The average Bonchev–Trinajstić information content (AvgIpc) is 2.20. The molecule has 1 aromatic rings. The fourth-order valence-electron chi connectivity index (χ4n) is 0.906. The smallest absolute Gasteiger partial charge is 0.271 e. The topological polar surface area (TPSA) is 72.2 Å². The number of nitrogens with zero attached hydrogens (tertiary/aromatic N) is 1. The normalized spacial score (nSPS) is 9.40. The number of halogens is 1. The Kier molecular flexibility index (Phi) is 3.12. The Morgan fingerprint density at radius 1 is 1.60 bits per heavy atom. The molecule has 0 fully saturated rings. The minimum atomic E-state index is -0.740. The van der Waals surface area contributed by atoms with Crippen molar-refractivity contribution >= 4 is 17.3 Å². The summed E-state index contributed by atoms with van der Waals surface area (Å²) in [5.41, 5.74) is -0.537. The molecule has 0 aliphatic rings. The molecule has 0 radical (unpaired) electrons. The second-order valence-electron chi connectivity index (χ2n) is 2.61. The minimum Gasteiger partial charge on any atom is -0.320 e. The Labute approximate surface area is 84.4 Å². The van der Waals surface area contributed by atoms with E-state index >= 15 is 0 Å². The number of amides is 1. The summed E-state index contributed by atoms with van der Waals surface area (Å²) < 4.78 is 13.1. The highest BCUT2D eigenvalue weighted by Crippen LogP contribution is 2.20. The lowest BCUT2D eigenvalue weighted by Gasteiger charge is -2.02. The molecule has 0 spiro atoms. The number of anilines is 1. The third-order valence-corrected chi connectivity index (χ3v) is 1.60. The van der Waals surface area contributed by atoms with E-state index in [1.807, 2.05) is 0 Å². The summed E-state index contributed by atoms with van der Waals surface area (Å²) in [6, 6.07) is 2.87. The molecule has 15 heavy (non-hydrogen) atoms. The number of nitrogens with one attached hydrogen (secondary N) is 1. The van der Waals surface area contributed by atoms with E-state index in [-0.39, 0.29) is 11.4 Å². The maximum atomic E-state index is 13.1. The third kappa shape index (κ3) is 2.60. The van der Waals surface area contributed by atoms with Gasteiger partial charge in [0.1, 0.15) is 5.82 Å². The molecule has 0 saturated carbocycles. The van der Waals surface area contributed by atoms with Crippen LogP contribution >= 0.6 is 0 Å². The van der Waals surface area contributed by atoms with Gasteiger partial charge in [-0.25, -0.2) is 4.39 Å². The van der Waals surface area contributed by atoms with Gasteiger partial charge in [0.05, 0.1) is 10.6 Å². The summed E-state index contributed by atoms with van der Waals surface area (Å²) in [4.78, 5) is 20.5. The Bertz CT molecular complexity index is 431. The van der Waals surface area contributed by atoms with Crippen LogP contribution in [0.25, 0.3) is 0 Å². The van der Waals surface area contributed by atoms with E-state index in [1.54, 1.807) is 0 Å². The van der Waals surface area contributed by atoms with Crippen molar-refractivity contribution in [3.05, 3.63) is 46.8 Å². The highest BCUT2D eigenvalue weighted by Gasteiger charge is 2.11. The molecule has 1 amide bonds. The molecule has 0 atom stereocenters. The molecular weight excluding hydrogens is 203 g/mol. The van der Waals surface area contributed by atoms with E-state index < -0.39 is 16.6 Å². The van der Waals surface area contributed by atoms with Gasteiger partial charge >= 0.3 is 0 Å². The quantitative estimate of drug-likeness (QED) is 0.470. The fourth-order valence-corrected chi connectivity index (χ4v) is 0.906. The molecule has 0 heterocycles. The number of nitro benzene ring substituents is 1. The standard InChI is InChI=1S/C9H7FN2O3/c1-2-9(13)11-8-5-6(12(14)15)3-4-7(8)10/h2-5H,1H2,(H,11,13). The Hall–Kier alpha value is -2.24. The van der Waals surface area contributed by atoms with Crippen LogP contribution in [0.3, 0.4) is 0 Å². The summed E-state index contributed by atoms with van der Waals surface area (Å²) >= 11 is 0. The first-order valence-electron chi connectivity index (χ1n) is 3.92. The van der Waals surface area contributed by atoms with Gasteiger partial charge in [0.25, 0.3) is 5.69 Å². The van der Waals surface area contributed by atoms with Gasteiger partial charge in [0.15, 0.2) is 0 Å². The Morgan fingerprint density at radius 2 is 2.27 bits per heavy atom. The summed E-state index contributed by atoms with van der Waals surface area (Å²) in [7, 11) is 0. The SMILES string of the molecule is C=CC(=O)Nc1cc([N+](=O)[O-])ccc1F. The van der Waals surface area contributed by atoms with Crippen LogP contribution in [0.2, 0.25) is 0 Å². The van der Waals surface area contributed by atoms with Gasteiger partial charge in [-0.05, 0) is 12.1 Å². The highest BCUT2D eigenvalue weighted by atomic mass is 19.1. The molecule has 1 aromatic carbocycles. The highest BCUT2D eigenvalue weighted by molar-refractivity contribution is 5.99. The molecule has 0 aromatic heterocycles. The van der Waals surface area contributed by atoms with Gasteiger partial charge in [-0.2, -0.15) is 0 Å². The molecule has 6 heteroatoms. The second-order valence-corrected chi connectivity index (χ2v) is 2.61. The lowest BCUT2D eigenvalue weighted by Crippen LogP contribution is -2.09. The molecule has 5 nitrogen and oxygen atoms in total. The van der Waals surface area contributed by atoms with Crippen molar-refractivity contribution in [1.29, 1.82) is 0 Å². The van der Waals surface area contributed by atoms with Crippen molar-refractivity contribution in [2.24, 2.45) is 0 Å². The van der Waals surface area contributed by atoms with Gasteiger partial charge in [-0.15, -0.1) is 0 Å². The van der Waals surface area contributed by atoms with Crippen molar-refractivity contribution in [2.75, 3.05) is 5.32 Å². The number of hydrogen-bond donors (Lipinski definition) is 1. The summed E-state index contributed by atoms with van der Waals surface area (Å²) in [5, 5.41) is 12.5.